The number of carbonyl (C=O) groups excluding carboxylic acids is 3. The summed E-state index contributed by atoms with van der Waals surface area (Å²) >= 11 is 0. The Bertz CT molecular complexity index is 1490. The first-order valence-electron chi connectivity index (χ1n) is 14.2. The third-order valence-electron chi connectivity index (χ3n) is 6.83. The van der Waals surface area contributed by atoms with Crippen LogP contribution in [0.15, 0.2) is 66.7 Å². The average molecular weight is 657 g/mol. The maximum atomic E-state index is 14.7. The predicted molar refractivity (Wildman–Crippen MR) is 154 cm³/mol. The van der Waals surface area contributed by atoms with Gasteiger partial charge in [0.05, 0.1) is 30.2 Å². The Morgan fingerprint density at radius 3 is 2.02 bits per heavy atom. The zero-order valence-corrected chi connectivity index (χ0v) is 24.7. The van der Waals surface area contributed by atoms with E-state index in [4.69, 9.17) is 4.74 Å². The smallest absolute Gasteiger partial charge is 0.466 e. The van der Waals surface area contributed by atoms with E-state index in [0.717, 1.165) is 18.2 Å². The lowest BCUT2D eigenvalue weighted by Gasteiger charge is -2.28. The lowest BCUT2D eigenvalue weighted by molar-refractivity contribution is -0.274. The van der Waals surface area contributed by atoms with Crippen LogP contribution in [0.25, 0.3) is 0 Å². The summed E-state index contributed by atoms with van der Waals surface area (Å²) in [5.74, 6) is -5.49. The molecule has 2 amide bonds. The number of carbonyl (C=O) groups is 3. The Morgan fingerprint density at radius 1 is 0.848 bits per heavy atom. The van der Waals surface area contributed by atoms with Gasteiger partial charge in [-0.3, -0.25) is 14.4 Å². The van der Waals surface area contributed by atoms with Crippen LogP contribution in [0.4, 0.5) is 36.4 Å². The van der Waals surface area contributed by atoms with Crippen molar-refractivity contribution in [3.05, 3.63) is 94.8 Å². The van der Waals surface area contributed by atoms with Crippen LogP contribution in [0.5, 0.6) is 5.75 Å². The molecule has 46 heavy (non-hydrogen) atoms. The molecule has 3 aromatic rings. The normalized spacial score (nSPS) is 13.0. The van der Waals surface area contributed by atoms with E-state index in [1.54, 1.807) is 19.1 Å². The van der Waals surface area contributed by atoms with Crippen molar-refractivity contribution in [1.29, 1.82) is 0 Å². The summed E-state index contributed by atoms with van der Waals surface area (Å²) in [7, 11) is 0. The lowest BCUT2D eigenvalue weighted by Crippen LogP contribution is -2.28. The molecule has 0 heterocycles. The van der Waals surface area contributed by atoms with Crippen molar-refractivity contribution in [3.8, 4) is 5.75 Å². The number of hydrogen-bond acceptors (Lipinski definition) is 5. The maximum Gasteiger partial charge on any atom is 0.573 e. The molecule has 2 N–H and O–H groups in total. The van der Waals surface area contributed by atoms with Gasteiger partial charge in [-0.05, 0) is 72.9 Å². The van der Waals surface area contributed by atoms with Crippen LogP contribution in [0, 0.1) is 5.82 Å². The van der Waals surface area contributed by atoms with Crippen LogP contribution >= 0.6 is 0 Å². The molecule has 0 aromatic heterocycles. The molecule has 0 aliphatic heterocycles. The zero-order valence-electron chi connectivity index (χ0n) is 24.7. The lowest BCUT2D eigenvalue weighted by atomic mass is 9.78. The van der Waals surface area contributed by atoms with Gasteiger partial charge in [-0.15, -0.1) is 13.2 Å². The van der Waals surface area contributed by atoms with Crippen molar-refractivity contribution in [2.75, 3.05) is 18.5 Å². The molecule has 3 rings (SSSR count). The van der Waals surface area contributed by atoms with Crippen molar-refractivity contribution in [2.45, 2.75) is 57.5 Å². The monoisotopic (exact) mass is 656 g/mol. The van der Waals surface area contributed by atoms with Crippen LogP contribution in [0.2, 0.25) is 0 Å². The first kappa shape index (κ1) is 35.9. The molecule has 248 valence electrons. The first-order chi connectivity index (χ1) is 21.6. The fraction of sp³-hybridized carbons (Fsp3) is 0.344. The van der Waals surface area contributed by atoms with Gasteiger partial charge >= 0.3 is 18.5 Å². The minimum atomic E-state index is -4.96. The highest BCUT2D eigenvalue weighted by Gasteiger charge is 2.35. The molecule has 0 spiro atoms. The summed E-state index contributed by atoms with van der Waals surface area (Å²) in [5, 5.41) is 4.92. The van der Waals surface area contributed by atoms with E-state index >= 15 is 0 Å². The second-order valence-electron chi connectivity index (χ2n) is 10.1. The van der Waals surface area contributed by atoms with Gasteiger partial charge in [0.25, 0.3) is 5.91 Å². The van der Waals surface area contributed by atoms with E-state index in [9.17, 15) is 45.1 Å². The number of anilines is 1. The van der Waals surface area contributed by atoms with Gasteiger partial charge in [0.15, 0.2) is 0 Å². The number of rotatable bonds is 13. The predicted octanol–water partition coefficient (Wildman–Crippen LogP) is 7.73. The summed E-state index contributed by atoms with van der Waals surface area (Å²) < 4.78 is 101. The molecule has 3 aromatic carbocycles. The van der Waals surface area contributed by atoms with Crippen LogP contribution in [-0.2, 0) is 20.5 Å². The second-order valence-corrected chi connectivity index (χ2v) is 10.1. The third kappa shape index (κ3) is 10.2. The summed E-state index contributed by atoms with van der Waals surface area (Å²) in [6.45, 7) is 3.72. The number of amides is 2. The van der Waals surface area contributed by atoms with Crippen molar-refractivity contribution < 1.29 is 54.6 Å². The van der Waals surface area contributed by atoms with E-state index in [-0.39, 0.29) is 36.8 Å². The highest BCUT2D eigenvalue weighted by molar-refractivity contribution is 5.97. The molecule has 0 unspecified atom stereocenters. The van der Waals surface area contributed by atoms with E-state index in [0.29, 0.717) is 24.5 Å². The summed E-state index contributed by atoms with van der Waals surface area (Å²) in [4.78, 5) is 37.8. The number of nitrogens with one attached hydrogen (secondary N) is 2. The Kier molecular flexibility index (Phi) is 12.2. The first-order valence-corrected chi connectivity index (χ1v) is 14.2. The third-order valence-corrected chi connectivity index (χ3v) is 6.83. The summed E-state index contributed by atoms with van der Waals surface area (Å²) in [6.07, 6.45) is -8.94. The van der Waals surface area contributed by atoms with Gasteiger partial charge < -0.3 is 20.1 Å². The maximum absolute atomic E-state index is 14.7. The molecule has 0 saturated carbocycles. The quantitative estimate of drug-likeness (QED) is 0.145. The molecule has 0 radical (unpaired) electrons. The molecule has 2 atom stereocenters. The van der Waals surface area contributed by atoms with Gasteiger partial charge in [-0.2, -0.15) is 13.2 Å². The largest absolute Gasteiger partial charge is 0.573 e. The van der Waals surface area contributed by atoms with E-state index < -0.39 is 65.0 Å². The van der Waals surface area contributed by atoms with Crippen molar-refractivity contribution >= 4 is 23.5 Å². The molecule has 0 aliphatic rings. The Labute approximate surface area is 260 Å². The summed E-state index contributed by atoms with van der Waals surface area (Å²) in [5.41, 5.74) is -0.768. The molecule has 14 heteroatoms. The highest BCUT2D eigenvalue weighted by Crippen LogP contribution is 2.39. The SMILES string of the molecule is CCC[C@H](c1ccc(C(=O)NCCC(=O)OCC)cc1)[C@@H](C(=O)Nc1ccc(C(F)(F)F)cc1F)c1ccc(OC(F)(F)F)cc1. The van der Waals surface area contributed by atoms with Crippen LogP contribution in [0.3, 0.4) is 0 Å². The fourth-order valence-electron chi connectivity index (χ4n) is 4.78. The van der Waals surface area contributed by atoms with Crippen molar-refractivity contribution in [2.24, 2.45) is 0 Å². The Morgan fingerprint density at radius 2 is 1.48 bits per heavy atom. The number of benzene rings is 3. The van der Waals surface area contributed by atoms with Gasteiger partial charge in [-0.1, -0.05) is 37.6 Å². The molecule has 0 bridgehead atoms. The van der Waals surface area contributed by atoms with E-state index in [1.807, 2.05) is 6.92 Å². The van der Waals surface area contributed by atoms with Crippen molar-refractivity contribution in [1.82, 2.24) is 5.32 Å². The molecule has 0 fully saturated rings. The average Bonchev–Trinajstić information content (AvgIpc) is 2.97. The van der Waals surface area contributed by atoms with Crippen LogP contribution in [0.1, 0.15) is 72.0 Å². The molecule has 0 saturated heterocycles. The van der Waals surface area contributed by atoms with Crippen LogP contribution in [-0.4, -0.2) is 37.3 Å². The number of halogens is 7. The van der Waals surface area contributed by atoms with Gasteiger partial charge in [0.1, 0.15) is 11.6 Å². The van der Waals surface area contributed by atoms with Gasteiger partial charge in [0, 0.05) is 12.1 Å². The van der Waals surface area contributed by atoms with Gasteiger partial charge in [0.2, 0.25) is 5.91 Å². The molecule has 7 nitrogen and oxygen atoms in total. The fourth-order valence-corrected chi connectivity index (χ4v) is 4.78. The Balaban J connectivity index is 1.94. The van der Waals surface area contributed by atoms with Crippen molar-refractivity contribution in [3.63, 3.8) is 0 Å². The molecular weight excluding hydrogens is 625 g/mol. The molecule has 0 aliphatic carbocycles. The zero-order chi connectivity index (χ0) is 34.1. The second kappa shape index (κ2) is 15.6. The standard InChI is InChI=1S/C32H31F7N2O5/c1-3-5-24(19-6-8-21(9-7-19)29(43)40-17-16-27(42)45-4-2)28(20-10-13-23(14-11-20)46-32(37,38)39)30(44)41-26-15-12-22(18-25(26)33)31(34,35)36/h6-15,18,24,28H,3-5,16-17H2,1-2H3,(H,40,43)(H,41,44)/t24-,28+/m1/s1. The van der Waals surface area contributed by atoms with E-state index in [1.165, 1.54) is 24.3 Å². The summed E-state index contributed by atoms with van der Waals surface area (Å²) in [6, 6.07) is 12.3. The number of hydrogen-bond donors (Lipinski definition) is 2. The topological polar surface area (TPSA) is 93.7 Å². The minimum Gasteiger partial charge on any atom is -0.466 e. The minimum absolute atomic E-state index is 0.0284. The number of alkyl halides is 6. The van der Waals surface area contributed by atoms with Crippen LogP contribution < -0.4 is 15.4 Å². The Hall–Kier alpha value is -4.62. The highest BCUT2D eigenvalue weighted by atomic mass is 19.4. The number of esters is 1. The number of ether oxygens (including phenoxy) is 2. The van der Waals surface area contributed by atoms with E-state index in [2.05, 4.69) is 15.4 Å². The molecular formula is C32H31F7N2O5. The van der Waals surface area contributed by atoms with Gasteiger partial charge in [-0.25, -0.2) is 4.39 Å².